The van der Waals surface area contributed by atoms with Crippen molar-refractivity contribution in [3.63, 3.8) is 0 Å². The van der Waals surface area contributed by atoms with Gasteiger partial charge in [-0.25, -0.2) is 4.90 Å². The summed E-state index contributed by atoms with van der Waals surface area (Å²) in [5, 5.41) is 1.68. The Kier molecular flexibility index (Phi) is 3.07. The molecule has 0 bridgehead atoms. The van der Waals surface area contributed by atoms with E-state index in [2.05, 4.69) is 0 Å². The number of carbonyl (C=O) groups is 2. The van der Waals surface area contributed by atoms with Gasteiger partial charge >= 0.3 is 0 Å². The fourth-order valence-electron chi connectivity index (χ4n) is 3.76. The zero-order valence-corrected chi connectivity index (χ0v) is 13.9. The average Bonchev–Trinajstić information content (AvgIpc) is 2.54. The van der Waals surface area contributed by atoms with E-state index >= 15 is 0 Å². The molecule has 24 heavy (non-hydrogen) atoms. The molecule has 0 aromatic heterocycles. The van der Waals surface area contributed by atoms with Crippen LogP contribution in [0.2, 0.25) is 0 Å². The van der Waals surface area contributed by atoms with Crippen molar-refractivity contribution < 1.29 is 9.59 Å². The fourth-order valence-corrected chi connectivity index (χ4v) is 3.76. The first kappa shape index (κ1) is 14.6. The van der Waals surface area contributed by atoms with Gasteiger partial charge in [-0.15, -0.1) is 0 Å². The minimum Gasteiger partial charge on any atom is -0.268 e. The highest BCUT2D eigenvalue weighted by molar-refractivity contribution is 6.36. The molecule has 0 saturated carbocycles. The molecule has 0 fully saturated rings. The average molecular weight is 315 g/mol. The number of rotatable bonds is 1. The molecule has 0 unspecified atom stereocenters. The summed E-state index contributed by atoms with van der Waals surface area (Å²) in [6.45, 7) is 5.90. The number of carbonyl (C=O) groups excluding carboxylic acids is 2. The lowest BCUT2D eigenvalue weighted by molar-refractivity contribution is 0.0893. The zero-order chi connectivity index (χ0) is 17.0. The van der Waals surface area contributed by atoms with Crippen LogP contribution in [0, 0.1) is 20.8 Å². The predicted molar refractivity (Wildman–Crippen MR) is 95.7 cm³/mol. The molecule has 3 nitrogen and oxygen atoms in total. The Labute approximate surface area is 140 Å². The Bertz CT molecular complexity index is 959. The second-order valence-electron chi connectivity index (χ2n) is 6.40. The maximum Gasteiger partial charge on any atom is 0.266 e. The molecule has 0 saturated heterocycles. The van der Waals surface area contributed by atoms with Crippen molar-refractivity contribution in [3.05, 3.63) is 76.3 Å². The van der Waals surface area contributed by atoms with Gasteiger partial charge in [-0.1, -0.05) is 42.0 Å². The molecule has 1 heterocycles. The summed E-state index contributed by atoms with van der Waals surface area (Å²) in [4.78, 5) is 27.6. The summed E-state index contributed by atoms with van der Waals surface area (Å²) in [6, 6.07) is 15.2. The lowest BCUT2D eigenvalue weighted by atomic mass is 9.92. The third kappa shape index (κ3) is 1.91. The molecule has 2 amide bonds. The van der Waals surface area contributed by atoms with Crippen LogP contribution in [-0.4, -0.2) is 11.8 Å². The molecule has 0 radical (unpaired) electrons. The van der Waals surface area contributed by atoms with E-state index < -0.39 is 0 Å². The second-order valence-corrected chi connectivity index (χ2v) is 6.40. The molecule has 1 aliphatic heterocycles. The monoisotopic (exact) mass is 315 g/mol. The normalized spacial score (nSPS) is 13.7. The summed E-state index contributed by atoms with van der Waals surface area (Å²) in [5.74, 6) is -0.501. The number of aryl methyl sites for hydroxylation is 3. The lowest BCUT2D eigenvalue weighted by Gasteiger charge is -2.29. The van der Waals surface area contributed by atoms with E-state index in [9.17, 15) is 9.59 Å². The quantitative estimate of drug-likeness (QED) is 0.617. The van der Waals surface area contributed by atoms with Crippen molar-refractivity contribution in [2.45, 2.75) is 20.8 Å². The summed E-state index contributed by atoms with van der Waals surface area (Å²) in [6.07, 6.45) is 0. The van der Waals surface area contributed by atoms with Crippen LogP contribution >= 0.6 is 0 Å². The second kappa shape index (κ2) is 5.03. The lowest BCUT2D eigenvalue weighted by Crippen LogP contribution is -2.41. The minimum absolute atomic E-state index is 0.251. The van der Waals surface area contributed by atoms with Crippen LogP contribution in [-0.2, 0) is 0 Å². The van der Waals surface area contributed by atoms with Gasteiger partial charge in [-0.2, -0.15) is 0 Å². The van der Waals surface area contributed by atoms with Gasteiger partial charge in [0.25, 0.3) is 11.8 Å². The first-order chi connectivity index (χ1) is 11.5. The Balaban J connectivity index is 2.02. The van der Waals surface area contributed by atoms with Crippen molar-refractivity contribution in [1.82, 2.24) is 0 Å². The van der Waals surface area contributed by atoms with E-state index in [1.165, 1.54) is 4.90 Å². The van der Waals surface area contributed by atoms with E-state index in [-0.39, 0.29) is 11.8 Å². The van der Waals surface area contributed by atoms with Crippen molar-refractivity contribution in [1.29, 1.82) is 0 Å². The molecule has 0 N–H and O–H groups in total. The maximum absolute atomic E-state index is 13.1. The van der Waals surface area contributed by atoms with Gasteiger partial charge < -0.3 is 0 Å². The zero-order valence-electron chi connectivity index (χ0n) is 13.9. The molecule has 3 aromatic carbocycles. The Morgan fingerprint density at radius 2 is 1.25 bits per heavy atom. The molecule has 3 heteroatoms. The molecule has 4 rings (SSSR count). The van der Waals surface area contributed by atoms with Gasteiger partial charge in [0.2, 0.25) is 0 Å². The van der Waals surface area contributed by atoms with E-state index in [4.69, 9.17) is 0 Å². The topological polar surface area (TPSA) is 37.4 Å². The van der Waals surface area contributed by atoms with E-state index in [1.807, 2.05) is 57.2 Å². The molecular weight excluding hydrogens is 298 g/mol. The fraction of sp³-hybridized carbons (Fsp3) is 0.143. The molecule has 1 aliphatic rings. The smallest absolute Gasteiger partial charge is 0.266 e. The van der Waals surface area contributed by atoms with Gasteiger partial charge in [-0.3, -0.25) is 9.59 Å². The van der Waals surface area contributed by atoms with Crippen LogP contribution < -0.4 is 4.90 Å². The predicted octanol–water partition coefficient (Wildman–Crippen LogP) is 4.57. The summed E-state index contributed by atoms with van der Waals surface area (Å²) < 4.78 is 0. The van der Waals surface area contributed by atoms with Gasteiger partial charge in [-0.05, 0) is 49.4 Å². The summed E-state index contributed by atoms with van der Waals surface area (Å²) in [7, 11) is 0. The molecular formula is C21H17NO2. The van der Waals surface area contributed by atoms with E-state index in [0.29, 0.717) is 16.8 Å². The third-order valence-electron chi connectivity index (χ3n) is 4.63. The summed E-state index contributed by atoms with van der Waals surface area (Å²) in [5.41, 5.74) is 4.85. The highest BCUT2D eigenvalue weighted by atomic mass is 16.2. The highest BCUT2D eigenvalue weighted by Crippen LogP contribution is 2.35. The van der Waals surface area contributed by atoms with Crippen molar-refractivity contribution in [3.8, 4) is 0 Å². The van der Waals surface area contributed by atoms with Gasteiger partial charge in [0.05, 0.1) is 5.69 Å². The SMILES string of the molecule is Cc1cc(C)c(N2C(=O)c3cccc4cccc(c34)C2=O)c(C)c1. The molecule has 0 spiro atoms. The van der Waals surface area contributed by atoms with Gasteiger partial charge in [0.15, 0.2) is 0 Å². The van der Waals surface area contributed by atoms with Crippen LogP contribution in [0.25, 0.3) is 10.8 Å². The first-order valence-corrected chi connectivity index (χ1v) is 7.97. The number of amides is 2. The molecule has 0 aliphatic carbocycles. The Hall–Kier alpha value is -2.94. The van der Waals surface area contributed by atoms with Crippen molar-refractivity contribution in [2.75, 3.05) is 4.90 Å². The minimum atomic E-state index is -0.251. The maximum atomic E-state index is 13.1. The van der Waals surface area contributed by atoms with Crippen LogP contribution in [0.15, 0.2) is 48.5 Å². The van der Waals surface area contributed by atoms with Gasteiger partial charge in [0.1, 0.15) is 0 Å². The summed E-state index contributed by atoms with van der Waals surface area (Å²) >= 11 is 0. The van der Waals surface area contributed by atoms with Crippen LogP contribution in [0.1, 0.15) is 37.4 Å². The standard InChI is InChI=1S/C21H17NO2/c1-12-10-13(2)19(14(3)11-12)22-20(23)16-8-4-6-15-7-5-9-17(18(15)16)21(22)24/h4-11H,1-3H3. The molecule has 118 valence electrons. The first-order valence-electron chi connectivity index (χ1n) is 7.97. The third-order valence-corrected chi connectivity index (χ3v) is 4.63. The highest BCUT2D eigenvalue weighted by Gasteiger charge is 2.35. The number of hydrogen-bond acceptors (Lipinski definition) is 2. The van der Waals surface area contributed by atoms with Crippen molar-refractivity contribution in [2.24, 2.45) is 0 Å². The largest absolute Gasteiger partial charge is 0.268 e. The van der Waals surface area contributed by atoms with Crippen LogP contribution in [0.3, 0.4) is 0 Å². The number of hydrogen-bond donors (Lipinski definition) is 0. The van der Waals surface area contributed by atoms with Crippen LogP contribution in [0.4, 0.5) is 5.69 Å². The number of anilines is 1. The number of imide groups is 1. The Morgan fingerprint density at radius 1 is 0.750 bits per heavy atom. The number of benzene rings is 3. The van der Waals surface area contributed by atoms with Crippen molar-refractivity contribution >= 4 is 28.3 Å². The Morgan fingerprint density at radius 3 is 1.75 bits per heavy atom. The van der Waals surface area contributed by atoms with E-state index in [0.717, 1.165) is 27.5 Å². The number of nitrogens with zero attached hydrogens (tertiary/aromatic N) is 1. The van der Waals surface area contributed by atoms with Crippen LogP contribution in [0.5, 0.6) is 0 Å². The van der Waals surface area contributed by atoms with E-state index in [1.54, 1.807) is 12.1 Å². The van der Waals surface area contributed by atoms with Gasteiger partial charge in [0, 0.05) is 16.5 Å². The molecule has 0 atom stereocenters. The molecule has 3 aromatic rings.